The lowest BCUT2D eigenvalue weighted by molar-refractivity contribution is -0.113. The van der Waals surface area contributed by atoms with Crippen molar-refractivity contribution in [3.63, 3.8) is 0 Å². The highest BCUT2D eigenvalue weighted by atomic mass is 32.2. The van der Waals surface area contributed by atoms with E-state index in [0.717, 1.165) is 5.75 Å². The summed E-state index contributed by atoms with van der Waals surface area (Å²) in [6, 6.07) is 0. The van der Waals surface area contributed by atoms with Gasteiger partial charge in [-0.05, 0) is 6.42 Å². The second-order valence-corrected chi connectivity index (χ2v) is 4.48. The van der Waals surface area contributed by atoms with E-state index in [9.17, 15) is 4.79 Å². The van der Waals surface area contributed by atoms with E-state index in [1.807, 2.05) is 13.8 Å². The summed E-state index contributed by atoms with van der Waals surface area (Å²) in [5, 5.41) is 0.339. The Morgan fingerprint density at radius 1 is 1.25 bits per heavy atom. The second kappa shape index (κ2) is 7.66. The topological polar surface area (TPSA) is 17.1 Å². The molecule has 0 unspecified atom stereocenters. The van der Waals surface area contributed by atoms with E-state index in [2.05, 4.69) is 6.92 Å². The predicted octanol–water partition coefficient (Wildman–Crippen LogP) is 3.48. The molecule has 12 heavy (non-hydrogen) atoms. The first kappa shape index (κ1) is 12.0. The fraction of sp³-hybridized carbons (Fsp3) is 0.900. The number of hydrogen-bond acceptors (Lipinski definition) is 2. The van der Waals surface area contributed by atoms with Gasteiger partial charge in [0.15, 0.2) is 5.12 Å². The fourth-order valence-corrected chi connectivity index (χ4v) is 1.75. The molecule has 0 rings (SSSR count). The molecule has 0 spiro atoms. The first-order chi connectivity index (χ1) is 5.68. The highest BCUT2D eigenvalue weighted by Gasteiger charge is 2.06. The zero-order valence-electron chi connectivity index (χ0n) is 8.43. The summed E-state index contributed by atoms with van der Waals surface area (Å²) in [4.78, 5) is 11.1. The van der Waals surface area contributed by atoms with Crippen molar-refractivity contribution in [2.45, 2.75) is 46.5 Å². The molecule has 0 radical (unpaired) electrons. The Morgan fingerprint density at radius 3 is 2.42 bits per heavy atom. The predicted molar refractivity (Wildman–Crippen MR) is 56.4 cm³/mol. The summed E-state index contributed by atoms with van der Waals surface area (Å²) >= 11 is 1.50. The van der Waals surface area contributed by atoms with Crippen LogP contribution in [0.25, 0.3) is 0 Å². The average molecular weight is 188 g/mol. The Morgan fingerprint density at radius 2 is 1.92 bits per heavy atom. The molecular weight excluding hydrogens is 168 g/mol. The van der Waals surface area contributed by atoms with Crippen LogP contribution >= 0.6 is 11.8 Å². The summed E-state index contributed by atoms with van der Waals surface area (Å²) in [7, 11) is 0. The van der Waals surface area contributed by atoms with Crippen LogP contribution in [0.15, 0.2) is 0 Å². The van der Waals surface area contributed by atoms with Gasteiger partial charge in [-0.2, -0.15) is 0 Å². The lowest BCUT2D eigenvalue weighted by Gasteiger charge is -2.02. The molecule has 0 saturated carbocycles. The molecule has 0 saturated heterocycles. The highest BCUT2D eigenvalue weighted by molar-refractivity contribution is 8.13. The van der Waals surface area contributed by atoms with Crippen LogP contribution in [0.2, 0.25) is 0 Å². The van der Waals surface area contributed by atoms with Gasteiger partial charge in [0, 0.05) is 11.7 Å². The Bertz CT molecular complexity index is 121. The third-order valence-electron chi connectivity index (χ3n) is 1.71. The molecule has 2 heteroatoms. The van der Waals surface area contributed by atoms with Gasteiger partial charge in [-0.25, -0.2) is 0 Å². The largest absolute Gasteiger partial charge is 0.287 e. The average Bonchev–Trinajstić information content (AvgIpc) is 2.03. The molecule has 0 bridgehead atoms. The Balaban J connectivity index is 3.14. The van der Waals surface area contributed by atoms with Crippen LogP contribution < -0.4 is 0 Å². The lowest BCUT2D eigenvalue weighted by atomic mass is 10.2. The van der Waals surface area contributed by atoms with Gasteiger partial charge in [0.2, 0.25) is 0 Å². The van der Waals surface area contributed by atoms with E-state index >= 15 is 0 Å². The molecule has 72 valence electrons. The summed E-state index contributed by atoms with van der Waals surface area (Å²) in [5.74, 6) is 1.21. The van der Waals surface area contributed by atoms with Gasteiger partial charge in [-0.1, -0.05) is 51.8 Å². The quantitative estimate of drug-likeness (QED) is 0.594. The van der Waals surface area contributed by atoms with Gasteiger partial charge in [0.1, 0.15) is 0 Å². The maximum atomic E-state index is 11.1. The van der Waals surface area contributed by atoms with E-state index in [0.29, 0.717) is 5.12 Å². The van der Waals surface area contributed by atoms with Crippen LogP contribution in [0.5, 0.6) is 0 Å². The molecule has 0 aromatic heterocycles. The molecule has 0 aromatic carbocycles. The molecular formula is C10H20OS. The molecule has 0 amide bonds. The minimum Gasteiger partial charge on any atom is -0.287 e. The summed E-state index contributed by atoms with van der Waals surface area (Å²) in [5.41, 5.74) is 0. The Labute approximate surface area is 80.3 Å². The maximum absolute atomic E-state index is 11.1. The molecule has 1 nitrogen and oxygen atoms in total. The fourth-order valence-electron chi connectivity index (χ4n) is 0.868. The van der Waals surface area contributed by atoms with Crippen molar-refractivity contribution in [3.8, 4) is 0 Å². The van der Waals surface area contributed by atoms with Crippen molar-refractivity contribution >= 4 is 16.9 Å². The van der Waals surface area contributed by atoms with E-state index in [1.165, 1.54) is 37.4 Å². The molecule has 0 aliphatic heterocycles. The monoisotopic (exact) mass is 188 g/mol. The Hall–Kier alpha value is 0.0200. The van der Waals surface area contributed by atoms with Crippen molar-refractivity contribution in [3.05, 3.63) is 0 Å². The molecule has 0 heterocycles. The highest BCUT2D eigenvalue weighted by Crippen LogP contribution is 2.13. The van der Waals surface area contributed by atoms with Crippen LogP contribution in [0.1, 0.15) is 46.5 Å². The summed E-state index contributed by atoms with van der Waals surface area (Å²) < 4.78 is 0. The molecule has 0 atom stereocenters. The molecule has 0 aromatic rings. The normalized spacial score (nSPS) is 10.7. The van der Waals surface area contributed by atoms with Crippen molar-refractivity contribution in [2.24, 2.45) is 5.92 Å². The first-order valence-electron chi connectivity index (χ1n) is 4.85. The van der Waals surface area contributed by atoms with E-state index in [4.69, 9.17) is 0 Å². The Kier molecular flexibility index (Phi) is 7.67. The number of thioether (sulfide) groups is 1. The van der Waals surface area contributed by atoms with E-state index < -0.39 is 0 Å². The van der Waals surface area contributed by atoms with Gasteiger partial charge in [-0.3, -0.25) is 4.79 Å². The first-order valence-corrected chi connectivity index (χ1v) is 5.83. The van der Waals surface area contributed by atoms with Crippen LogP contribution in [-0.4, -0.2) is 10.9 Å². The van der Waals surface area contributed by atoms with Crippen molar-refractivity contribution in [1.82, 2.24) is 0 Å². The molecule has 0 N–H and O–H groups in total. The third kappa shape index (κ3) is 6.71. The maximum Gasteiger partial charge on any atom is 0.191 e. The molecule has 0 aliphatic carbocycles. The zero-order chi connectivity index (χ0) is 9.40. The van der Waals surface area contributed by atoms with Gasteiger partial charge in [-0.15, -0.1) is 0 Å². The van der Waals surface area contributed by atoms with E-state index in [-0.39, 0.29) is 5.92 Å². The van der Waals surface area contributed by atoms with Crippen molar-refractivity contribution in [1.29, 1.82) is 0 Å². The minimum absolute atomic E-state index is 0.196. The molecule has 0 fully saturated rings. The van der Waals surface area contributed by atoms with Gasteiger partial charge >= 0.3 is 0 Å². The zero-order valence-corrected chi connectivity index (χ0v) is 9.25. The smallest absolute Gasteiger partial charge is 0.191 e. The van der Waals surface area contributed by atoms with Gasteiger partial charge in [0.25, 0.3) is 0 Å². The number of unbranched alkanes of at least 4 members (excludes halogenated alkanes) is 3. The summed E-state index contributed by atoms with van der Waals surface area (Å²) in [6.45, 7) is 6.12. The van der Waals surface area contributed by atoms with Crippen molar-refractivity contribution < 1.29 is 4.79 Å². The standard InChI is InChI=1S/C10H20OS/c1-4-5-6-7-8-12-10(11)9(2)3/h9H,4-8H2,1-3H3. The van der Waals surface area contributed by atoms with Crippen molar-refractivity contribution in [2.75, 3.05) is 5.75 Å². The van der Waals surface area contributed by atoms with Gasteiger partial charge < -0.3 is 0 Å². The number of carbonyl (C=O) groups excluding carboxylic acids is 1. The van der Waals surface area contributed by atoms with Crippen LogP contribution in [0.4, 0.5) is 0 Å². The number of rotatable bonds is 6. The third-order valence-corrected chi connectivity index (χ3v) is 2.96. The number of carbonyl (C=O) groups is 1. The summed E-state index contributed by atoms with van der Waals surface area (Å²) in [6.07, 6.45) is 5.03. The SMILES string of the molecule is CCCCCCSC(=O)C(C)C. The molecule has 0 aliphatic rings. The van der Waals surface area contributed by atoms with Gasteiger partial charge in [0.05, 0.1) is 0 Å². The number of hydrogen-bond donors (Lipinski definition) is 0. The van der Waals surface area contributed by atoms with E-state index in [1.54, 1.807) is 0 Å². The van der Waals surface area contributed by atoms with Crippen LogP contribution in [0, 0.1) is 5.92 Å². The second-order valence-electron chi connectivity index (χ2n) is 3.38. The lowest BCUT2D eigenvalue weighted by Crippen LogP contribution is -2.02. The van der Waals surface area contributed by atoms with Crippen LogP contribution in [0.3, 0.4) is 0 Å². The minimum atomic E-state index is 0.196. The van der Waals surface area contributed by atoms with Crippen LogP contribution in [-0.2, 0) is 4.79 Å².